The molecule has 2 N–H and O–H groups in total. The van der Waals surface area contributed by atoms with Gasteiger partial charge in [0.2, 0.25) is 11.8 Å². The molecule has 0 aliphatic heterocycles. The summed E-state index contributed by atoms with van der Waals surface area (Å²) < 4.78 is 0. The van der Waals surface area contributed by atoms with Crippen LogP contribution in [0.2, 0.25) is 0 Å². The molecule has 0 aromatic rings. The number of carbonyl (C=O) groups is 3. The molecule has 0 aromatic carbocycles. The molecule has 116 valence electrons. The molecule has 0 spiro atoms. The average molecular weight is 286 g/mol. The zero-order valence-electron chi connectivity index (χ0n) is 13.0. The number of carboxylic acids is 1. The van der Waals surface area contributed by atoms with E-state index >= 15 is 0 Å². The minimum Gasteiger partial charge on any atom is -0.481 e. The van der Waals surface area contributed by atoms with Crippen molar-refractivity contribution in [1.29, 1.82) is 0 Å². The summed E-state index contributed by atoms with van der Waals surface area (Å²) in [6.07, 6.45) is 0.184. The first kappa shape index (κ1) is 18.4. The number of carboxylic acid groups (broad SMARTS) is 1. The van der Waals surface area contributed by atoms with Gasteiger partial charge in [-0.15, -0.1) is 0 Å². The first-order valence-corrected chi connectivity index (χ1v) is 6.93. The SMILES string of the molecule is CCN(CC)C(=O)CCNC(=O)C(C(=O)O)C(C)(C)C. The van der Waals surface area contributed by atoms with Crippen molar-refractivity contribution in [2.24, 2.45) is 11.3 Å². The molecule has 0 aromatic heterocycles. The van der Waals surface area contributed by atoms with E-state index in [2.05, 4.69) is 5.32 Å². The highest BCUT2D eigenvalue weighted by molar-refractivity contribution is 5.97. The van der Waals surface area contributed by atoms with Crippen molar-refractivity contribution in [3.05, 3.63) is 0 Å². The smallest absolute Gasteiger partial charge is 0.316 e. The van der Waals surface area contributed by atoms with Gasteiger partial charge in [-0.05, 0) is 19.3 Å². The molecule has 0 radical (unpaired) electrons. The van der Waals surface area contributed by atoms with Gasteiger partial charge < -0.3 is 15.3 Å². The van der Waals surface area contributed by atoms with Crippen LogP contribution in [0.15, 0.2) is 0 Å². The molecule has 0 aliphatic carbocycles. The van der Waals surface area contributed by atoms with Crippen LogP contribution in [0.4, 0.5) is 0 Å². The van der Waals surface area contributed by atoms with E-state index in [1.54, 1.807) is 25.7 Å². The van der Waals surface area contributed by atoms with Crippen molar-refractivity contribution in [1.82, 2.24) is 10.2 Å². The molecule has 6 nitrogen and oxygen atoms in total. The maximum atomic E-state index is 11.9. The second-order valence-corrected chi connectivity index (χ2v) is 5.74. The second kappa shape index (κ2) is 7.87. The van der Waals surface area contributed by atoms with Crippen LogP contribution >= 0.6 is 0 Å². The molecule has 6 heteroatoms. The van der Waals surface area contributed by atoms with Gasteiger partial charge in [-0.25, -0.2) is 0 Å². The van der Waals surface area contributed by atoms with Gasteiger partial charge in [-0.1, -0.05) is 20.8 Å². The first-order valence-electron chi connectivity index (χ1n) is 6.93. The Morgan fingerprint density at radius 3 is 2.00 bits per heavy atom. The normalized spacial score (nSPS) is 12.7. The molecule has 0 rings (SSSR count). The highest BCUT2D eigenvalue weighted by atomic mass is 16.4. The number of nitrogens with one attached hydrogen (secondary N) is 1. The van der Waals surface area contributed by atoms with Crippen LogP contribution in [0, 0.1) is 11.3 Å². The number of rotatable bonds is 7. The fraction of sp³-hybridized carbons (Fsp3) is 0.786. The summed E-state index contributed by atoms with van der Waals surface area (Å²) in [6, 6.07) is 0. The lowest BCUT2D eigenvalue weighted by atomic mass is 9.80. The third-order valence-corrected chi connectivity index (χ3v) is 3.13. The Bertz CT molecular complexity index is 357. The van der Waals surface area contributed by atoms with Crippen LogP contribution < -0.4 is 5.32 Å². The van der Waals surface area contributed by atoms with Gasteiger partial charge in [0.15, 0.2) is 0 Å². The van der Waals surface area contributed by atoms with E-state index in [9.17, 15) is 14.4 Å². The van der Waals surface area contributed by atoms with Crippen LogP contribution in [-0.2, 0) is 14.4 Å². The van der Waals surface area contributed by atoms with E-state index in [0.717, 1.165) is 0 Å². The van der Waals surface area contributed by atoms with Crippen molar-refractivity contribution in [3.63, 3.8) is 0 Å². The molecule has 20 heavy (non-hydrogen) atoms. The van der Waals surface area contributed by atoms with Gasteiger partial charge >= 0.3 is 5.97 Å². The van der Waals surface area contributed by atoms with E-state index < -0.39 is 23.2 Å². The average Bonchev–Trinajstić information content (AvgIpc) is 2.27. The largest absolute Gasteiger partial charge is 0.481 e. The molecular weight excluding hydrogens is 260 g/mol. The van der Waals surface area contributed by atoms with Crippen molar-refractivity contribution in [2.75, 3.05) is 19.6 Å². The molecule has 0 heterocycles. The Hall–Kier alpha value is -1.59. The summed E-state index contributed by atoms with van der Waals surface area (Å²) in [5, 5.41) is 11.7. The van der Waals surface area contributed by atoms with Crippen LogP contribution in [0.5, 0.6) is 0 Å². The van der Waals surface area contributed by atoms with Gasteiger partial charge in [0.25, 0.3) is 0 Å². The lowest BCUT2D eigenvalue weighted by molar-refractivity contribution is -0.151. The third kappa shape index (κ3) is 5.59. The fourth-order valence-electron chi connectivity index (χ4n) is 2.00. The Balaban J connectivity index is 4.42. The predicted molar refractivity (Wildman–Crippen MR) is 76.1 cm³/mol. The molecule has 0 saturated carbocycles. The van der Waals surface area contributed by atoms with Gasteiger partial charge in [-0.3, -0.25) is 14.4 Å². The van der Waals surface area contributed by atoms with Crippen molar-refractivity contribution < 1.29 is 19.5 Å². The maximum Gasteiger partial charge on any atom is 0.316 e. The highest BCUT2D eigenvalue weighted by Gasteiger charge is 2.37. The van der Waals surface area contributed by atoms with Crippen LogP contribution in [0.25, 0.3) is 0 Å². The van der Waals surface area contributed by atoms with Crippen LogP contribution in [-0.4, -0.2) is 47.4 Å². The van der Waals surface area contributed by atoms with Crippen LogP contribution in [0.3, 0.4) is 0 Å². The zero-order valence-corrected chi connectivity index (χ0v) is 13.0. The van der Waals surface area contributed by atoms with Gasteiger partial charge in [0.1, 0.15) is 5.92 Å². The summed E-state index contributed by atoms with van der Waals surface area (Å²) in [5.41, 5.74) is -0.668. The topological polar surface area (TPSA) is 86.7 Å². The second-order valence-electron chi connectivity index (χ2n) is 5.74. The quantitative estimate of drug-likeness (QED) is 0.686. The Morgan fingerprint density at radius 2 is 1.65 bits per heavy atom. The minimum atomic E-state index is -1.15. The molecular formula is C14H26N2O4. The van der Waals surface area contributed by atoms with E-state index in [1.807, 2.05) is 13.8 Å². The third-order valence-electron chi connectivity index (χ3n) is 3.13. The molecule has 0 aliphatic rings. The number of carbonyl (C=O) groups excluding carboxylic acids is 2. The molecule has 0 fully saturated rings. The number of nitrogens with zero attached hydrogens (tertiary/aromatic N) is 1. The minimum absolute atomic E-state index is 0.0436. The highest BCUT2D eigenvalue weighted by Crippen LogP contribution is 2.26. The number of hydrogen-bond donors (Lipinski definition) is 2. The lowest BCUT2D eigenvalue weighted by Gasteiger charge is -2.26. The van der Waals surface area contributed by atoms with Crippen molar-refractivity contribution >= 4 is 17.8 Å². The van der Waals surface area contributed by atoms with E-state index in [4.69, 9.17) is 5.11 Å². The number of hydrogen-bond acceptors (Lipinski definition) is 3. The fourth-order valence-corrected chi connectivity index (χ4v) is 2.00. The number of amides is 2. The van der Waals surface area contributed by atoms with Gasteiger partial charge in [0.05, 0.1) is 0 Å². The molecule has 1 unspecified atom stereocenters. The summed E-state index contributed by atoms with van der Waals surface area (Å²) in [5.74, 6) is -2.86. The number of aliphatic carboxylic acids is 1. The predicted octanol–water partition coefficient (Wildman–Crippen LogP) is 1.11. The molecule has 0 saturated heterocycles. The lowest BCUT2D eigenvalue weighted by Crippen LogP contribution is -2.44. The monoisotopic (exact) mass is 286 g/mol. The summed E-state index contributed by atoms with van der Waals surface area (Å²) in [4.78, 5) is 36.5. The molecule has 0 bridgehead atoms. The molecule has 1 atom stereocenters. The maximum absolute atomic E-state index is 11.9. The summed E-state index contributed by atoms with van der Waals surface area (Å²) in [7, 11) is 0. The van der Waals surface area contributed by atoms with Crippen molar-refractivity contribution in [2.45, 2.75) is 41.0 Å². The van der Waals surface area contributed by atoms with E-state index in [1.165, 1.54) is 0 Å². The van der Waals surface area contributed by atoms with Crippen LogP contribution in [0.1, 0.15) is 41.0 Å². The first-order chi connectivity index (χ1) is 9.15. The molecule has 2 amide bonds. The standard InChI is InChI=1S/C14H26N2O4/c1-6-16(7-2)10(17)8-9-15-12(18)11(13(19)20)14(3,4)5/h11H,6-9H2,1-5H3,(H,15,18)(H,19,20). The summed E-state index contributed by atoms with van der Waals surface area (Å²) in [6.45, 7) is 10.3. The summed E-state index contributed by atoms with van der Waals surface area (Å²) >= 11 is 0. The Kier molecular flexibility index (Phi) is 7.24. The Labute approximate surface area is 120 Å². The van der Waals surface area contributed by atoms with Gasteiger partial charge in [0, 0.05) is 26.1 Å². The van der Waals surface area contributed by atoms with Crippen molar-refractivity contribution in [3.8, 4) is 0 Å². The zero-order chi connectivity index (χ0) is 15.9. The van der Waals surface area contributed by atoms with Gasteiger partial charge in [-0.2, -0.15) is 0 Å². The Morgan fingerprint density at radius 1 is 1.15 bits per heavy atom. The van der Waals surface area contributed by atoms with E-state index in [-0.39, 0.29) is 18.9 Å². The van der Waals surface area contributed by atoms with E-state index in [0.29, 0.717) is 13.1 Å².